The fourth-order valence-corrected chi connectivity index (χ4v) is 5.67. The highest BCUT2D eigenvalue weighted by atomic mass is 16.6. The van der Waals surface area contributed by atoms with E-state index in [4.69, 9.17) is 28.4 Å². The van der Waals surface area contributed by atoms with Crippen LogP contribution in [-0.2, 0) is 14.9 Å². The maximum atomic E-state index is 6.22. The van der Waals surface area contributed by atoms with Gasteiger partial charge in [0.15, 0.2) is 11.5 Å². The Kier molecular flexibility index (Phi) is 13.4. The molecule has 0 amide bonds. The van der Waals surface area contributed by atoms with Gasteiger partial charge >= 0.3 is 0 Å². The average molecular weight is 607 g/mol. The van der Waals surface area contributed by atoms with Gasteiger partial charge in [0.05, 0.1) is 26.4 Å². The SMILES string of the molecule is Cc1cccc(C)c1OCCOCCOc1ccc(C(C)(C)CC(C)(C)C)cc1OCCOCCOc1c(C)cccc1C. The number of benzene rings is 3. The van der Waals surface area contributed by atoms with Crippen molar-refractivity contribution in [3.8, 4) is 23.0 Å². The van der Waals surface area contributed by atoms with Crippen molar-refractivity contribution in [3.63, 3.8) is 0 Å². The molecule has 0 atom stereocenters. The second kappa shape index (κ2) is 16.7. The molecule has 3 aromatic rings. The highest BCUT2D eigenvalue weighted by Gasteiger charge is 2.28. The molecule has 242 valence electrons. The number of rotatable bonds is 18. The number of ether oxygens (including phenoxy) is 6. The molecule has 0 aliphatic rings. The zero-order valence-electron chi connectivity index (χ0n) is 28.5. The van der Waals surface area contributed by atoms with E-state index in [9.17, 15) is 0 Å². The maximum Gasteiger partial charge on any atom is 0.161 e. The molecule has 0 N–H and O–H groups in total. The Bertz CT molecular complexity index is 1270. The highest BCUT2D eigenvalue weighted by Crippen LogP contribution is 2.39. The van der Waals surface area contributed by atoms with E-state index in [1.807, 2.05) is 18.2 Å². The van der Waals surface area contributed by atoms with Crippen molar-refractivity contribution in [2.24, 2.45) is 5.41 Å². The first-order valence-electron chi connectivity index (χ1n) is 15.8. The van der Waals surface area contributed by atoms with Crippen molar-refractivity contribution in [1.82, 2.24) is 0 Å². The van der Waals surface area contributed by atoms with Crippen LogP contribution in [-0.4, -0.2) is 52.9 Å². The van der Waals surface area contributed by atoms with Crippen molar-refractivity contribution in [2.45, 2.75) is 74.1 Å². The van der Waals surface area contributed by atoms with Gasteiger partial charge in [-0.05, 0) is 84.9 Å². The van der Waals surface area contributed by atoms with Gasteiger partial charge in [0.1, 0.15) is 37.9 Å². The van der Waals surface area contributed by atoms with Crippen LogP contribution < -0.4 is 18.9 Å². The van der Waals surface area contributed by atoms with Crippen LogP contribution in [0.25, 0.3) is 0 Å². The van der Waals surface area contributed by atoms with Gasteiger partial charge in [0.2, 0.25) is 0 Å². The lowest BCUT2D eigenvalue weighted by Gasteiger charge is -2.33. The zero-order valence-corrected chi connectivity index (χ0v) is 28.5. The molecule has 0 bridgehead atoms. The van der Waals surface area contributed by atoms with E-state index >= 15 is 0 Å². The van der Waals surface area contributed by atoms with E-state index in [0.29, 0.717) is 58.6 Å². The molecular weight excluding hydrogens is 552 g/mol. The molecule has 0 radical (unpaired) electrons. The lowest BCUT2D eigenvalue weighted by molar-refractivity contribution is 0.0695. The third kappa shape index (κ3) is 11.4. The summed E-state index contributed by atoms with van der Waals surface area (Å²) in [7, 11) is 0. The van der Waals surface area contributed by atoms with Crippen LogP contribution in [0, 0.1) is 33.1 Å². The second-order valence-corrected chi connectivity index (χ2v) is 13.3. The first-order valence-corrected chi connectivity index (χ1v) is 15.8. The molecule has 0 heterocycles. The van der Waals surface area contributed by atoms with Crippen molar-refractivity contribution >= 4 is 0 Å². The quantitative estimate of drug-likeness (QED) is 0.135. The summed E-state index contributed by atoms with van der Waals surface area (Å²) in [6.45, 7) is 23.3. The molecule has 6 nitrogen and oxygen atoms in total. The van der Waals surface area contributed by atoms with Gasteiger partial charge in [0, 0.05) is 0 Å². The van der Waals surface area contributed by atoms with Crippen molar-refractivity contribution in [1.29, 1.82) is 0 Å². The minimum atomic E-state index is -0.0188. The Balaban J connectivity index is 1.49. The summed E-state index contributed by atoms with van der Waals surface area (Å²) in [4.78, 5) is 0. The standard InChI is InChI=1S/C38H54O6/c1-28-12-10-13-29(2)35(28)43-24-20-39-18-22-41-33-17-16-32(38(8,9)27-37(5,6)7)26-34(33)42-23-19-40-21-25-44-36-30(3)14-11-15-31(36)4/h10-17,26H,18-25,27H2,1-9H3. The van der Waals surface area contributed by atoms with Crippen LogP contribution in [0.2, 0.25) is 0 Å². The molecular formula is C38H54O6. The molecule has 0 fully saturated rings. The van der Waals surface area contributed by atoms with Crippen LogP contribution in [0.4, 0.5) is 0 Å². The molecule has 0 aliphatic heterocycles. The van der Waals surface area contributed by atoms with Crippen molar-refractivity contribution in [2.75, 3.05) is 52.9 Å². The largest absolute Gasteiger partial charge is 0.491 e. The monoisotopic (exact) mass is 606 g/mol. The zero-order chi connectivity index (χ0) is 32.2. The van der Waals surface area contributed by atoms with Gasteiger partial charge in [-0.1, -0.05) is 77.1 Å². The van der Waals surface area contributed by atoms with Gasteiger partial charge in [-0.2, -0.15) is 0 Å². The van der Waals surface area contributed by atoms with Gasteiger partial charge in [-0.25, -0.2) is 0 Å². The predicted octanol–water partition coefficient (Wildman–Crippen LogP) is 8.58. The Hall–Kier alpha value is -3.22. The third-order valence-electron chi connectivity index (χ3n) is 7.43. The molecule has 0 spiro atoms. The van der Waals surface area contributed by atoms with Gasteiger partial charge in [0.25, 0.3) is 0 Å². The van der Waals surface area contributed by atoms with Crippen molar-refractivity contribution < 1.29 is 28.4 Å². The first kappa shape index (κ1) is 35.3. The van der Waals surface area contributed by atoms with Gasteiger partial charge < -0.3 is 28.4 Å². The Morgan fingerprint density at radius 1 is 0.477 bits per heavy atom. The third-order valence-corrected chi connectivity index (χ3v) is 7.43. The maximum absolute atomic E-state index is 6.22. The van der Waals surface area contributed by atoms with Crippen LogP contribution in [0.5, 0.6) is 23.0 Å². The normalized spacial score (nSPS) is 11.8. The Labute approximate surface area is 266 Å². The summed E-state index contributed by atoms with van der Waals surface area (Å²) in [5.41, 5.74) is 5.92. The van der Waals surface area contributed by atoms with Gasteiger partial charge in [-0.15, -0.1) is 0 Å². The fraction of sp³-hybridized carbons (Fsp3) is 0.526. The van der Waals surface area contributed by atoms with Crippen molar-refractivity contribution in [3.05, 3.63) is 82.4 Å². The number of hydrogen-bond donors (Lipinski definition) is 0. The number of para-hydroxylation sites is 2. The number of aryl methyl sites for hydroxylation is 4. The lowest BCUT2D eigenvalue weighted by atomic mass is 9.72. The van der Waals surface area contributed by atoms with E-state index in [1.165, 1.54) is 5.56 Å². The van der Waals surface area contributed by atoms with E-state index < -0.39 is 0 Å². The molecule has 0 unspecified atom stereocenters. The minimum absolute atomic E-state index is 0.0188. The molecule has 0 aromatic heterocycles. The molecule has 0 aliphatic carbocycles. The lowest BCUT2D eigenvalue weighted by Crippen LogP contribution is -2.25. The smallest absolute Gasteiger partial charge is 0.161 e. The predicted molar refractivity (Wildman–Crippen MR) is 179 cm³/mol. The fourth-order valence-electron chi connectivity index (χ4n) is 5.67. The molecule has 44 heavy (non-hydrogen) atoms. The average Bonchev–Trinajstić information content (AvgIpc) is 2.93. The van der Waals surface area contributed by atoms with E-state index in [0.717, 1.165) is 45.9 Å². The second-order valence-electron chi connectivity index (χ2n) is 13.3. The summed E-state index contributed by atoms with van der Waals surface area (Å²) in [6.07, 6.45) is 1.04. The van der Waals surface area contributed by atoms with E-state index in [1.54, 1.807) is 0 Å². The summed E-state index contributed by atoms with van der Waals surface area (Å²) >= 11 is 0. The molecule has 0 saturated heterocycles. The van der Waals surface area contributed by atoms with E-state index in [-0.39, 0.29) is 10.8 Å². The topological polar surface area (TPSA) is 55.4 Å². The molecule has 3 rings (SSSR count). The van der Waals surface area contributed by atoms with Gasteiger partial charge in [-0.3, -0.25) is 0 Å². The van der Waals surface area contributed by atoms with Crippen LogP contribution in [0.15, 0.2) is 54.6 Å². The highest BCUT2D eigenvalue weighted by molar-refractivity contribution is 5.45. The van der Waals surface area contributed by atoms with Crippen LogP contribution in [0.3, 0.4) is 0 Å². The number of hydrogen-bond acceptors (Lipinski definition) is 6. The summed E-state index contributed by atoms with van der Waals surface area (Å²) in [5, 5.41) is 0. The minimum Gasteiger partial charge on any atom is -0.491 e. The molecule has 3 aromatic carbocycles. The molecule has 6 heteroatoms. The molecule has 0 saturated carbocycles. The summed E-state index contributed by atoms with van der Waals surface area (Å²) < 4.78 is 35.8. The van der Waals surface area contributed by atoms with Crippen LogP contribution >= 0.6 is 0 Å². The van der Waals surface area contributed by atoms with E-state index in [2.05, 4.69) is 98.7 Å². The summed E-state index contributed by atoms with van der Waals surface area (Å²) in [5.74, 6) is 3.29. The summed E-state index contributed by atoms with van der Waals surface area (Å²) in [6, 6.07) is 18.6. The Morgan fingerprint density at radius 2 is 0.886 bits per heavy atom. The van der Waals surface area contributed by atoms with Crippen LogP contribution in [0.1, 0.15) is 68.9 Å². The Morgan fingerprint density at radius 3 is 1.32 bits per heavy atom. The first-order chi connectivity index (χ1) is 20.9.